The van der Waals surface area contributed by atoms with Crippen LogP contribution in [-0.2, 0) is 0 Å². The van der Waals surface area contributed by atoms with Gasteiger partial charge in [0.1, 0.15) is 0 Å². The first-order valence-corrected chi connectivity index (χ1v) is 6.57. The summed E-state index contributed by atoms with van der Waals surface area (Å²) in [6, 6.07) is 5.72. The van der Waals surface area contributed by atoms with Crippen LogP contribution in [-0.4, -0.2) is 32.1 Å². The molecular weight excluding hydrogens is 250 g/mol. The van der Waals surface area contributed by atoms with Crippen LogP contribution in [0.25, 0.3) is 0 Å². The standard InChI is InChI=1S/C13H18ClN3O/c1-15-13(18)9-2-3-11(14)12(8-9)17-10-4-6-16-7-5-10/h2-3,8,10,16-17H,4-7H2,1H3,(H,15,18). The second-order valence-corrected chi connectivity index (χ2v) is 4.85. The Morgan fingerprint density at radius 1 is 1.39 bits per heavy atom. The fraction of sp³-hybridized carbons (Fsp3) is 0.462. The third-order valence-corrected chi connectivity index (χ3v) is 3.48. The normalized spacial score (nSPS) is 16.3. The lowest BCUT2D eigenvalue weighted by Crippen LogP contribution is -2.35. The van der Waals surface area contributed by atoms with Crippen molar-refractivity contribution in [2.45, 2.75) is 18.9 Å². The molecule has 0 spiro atoms. The highest BCUT2D eigenvalue weighted by Gasteiger charge is 2.15. The molecule has 1 aliphatic heterocycles. The average Bonchev–Trinajstić information content (AvgIpc) is 2.41. The van der Waals surface area contributed by atoms with Gasteiger partial charge in [0.05, 0.1) is 10.7 Å². The van der Waals surface area contributed by atoms with E-state index in [9.17, 15) is 4.79 Å². The number of carbonyl (C=O) groups excluding carboxylic acids is 1. The molecule has 0 bridgehead atoms. The van der Waals surface area contributed by atoms with Crippen molar-refractivity contribution in [1.29, 1.82) is 0 Å². The van der Waals surface area contributed by atoms with E-state index in [1.807, 2.05) is 6.07 Å². The lowest BCUT2D eigenvalue weighted by molar-refractivity contribution is 0.0963. The molecule has 0 saturated carbocycles. The van der Waals surface area contributed by atoms with Crippen LogP contribution in [0.5, 0.6) is 0 Å². The number of benzene rings is 1. The number of carbonyl (C=O) groups is 1. The first-order valence-electron chi connectivity index (χ1n) is 6.19. The Morgan fingerprint density at radius 2 is 2.11 bits per heavy atom. The van der Waals surface area contributed by atoms with E-state index in [1.165, 1.54) is 0 Å². The van der Waals surface area contributed by atoms with E-state index in [0.29, 0.717) is 16.6 Å². The molecule has 1 aromatic rings. The fourth-order valence-corrected chi connectivity index (χ4v) is 2.28. The quantitative estimate of drug-likeness (QED) is 0.784. The number of hydrogen-bond donors (Lipinski definition) is 3. The Hall–Kier alpha value is -1.26. The number of piperidine rings is 1. The second kappa shape index (κ2) is 6.07. The van der Waals surface area contributed by atoms with Gasteiger partial charge in [0.25, 0.3) is 5.91 Å². The Kier molecular flexibility index (Phi) is 4.44. The summed E-state index contributed by atoms with van der Waals surface area (Å²) in [4.78, 5) is 11.6. The summed E-state index contributed by atoms with van der Waals surface area (Å²) in [6.45, 7) is 2.04. The van der Waals surface area contributed by atoms with Crippen molar-refractivity contribution in [2.75, 3.05) is 25.5 Å². The van der Waals surface area contributed by atoms with Gasteiger partial charge < -0.3 is 16.0 Å². The fourth-order valence-electron chi connectivity index (χ4n) is 2.11. The largest absolute Gasteiger partial charge is 0.381 e. The summed E-state index contributed by atoms with van der Waals surface area (Å²) in [5.74, 6) is -0.0972. The molecule has 98 valence electrons. The predicted molar refractivity (Wildman–Crippen MR) is 74.4 cm³/mol. The van der Waals surface area contributed by atoms with Crippen molar-refractivity contribution in [3.63, 3.8) is 0 Å². The lowest BCUT2D eigenvalue weighted by atomic mass is 10.1. The molecule has 1 aliphatic rings. The topological polar surface area (TPSA) is 53.2 Å². The molecule has 0 aromatic heterocycles. The minimum absolute atomic E-state index is 0.0972. The first kappa shape index (κ1) is 13.2. The summed E-state index contributed by atoms with van der Waals surface area (Å²) in [5, 5.41) is 10.00. The van der Waals surface area contributed by atoms with E-state index in [4.69, 9.17) is 11.6 Å². The predicted octanol–water partition coefficient (Wildman–Crippen LogP) is 1.86. The van der Waals surface area contributed by atoms with Crippen molar-refractivity contribution in [2.24, 2.45) is 0 Å². The van der Waals surface area contributed by atoms with Gasteiger partial charge in [-0.15, -0.1) is 0 Å². The van der Waals surface area contributed by atoms with Crippen LogP contribution in [0.1, 0.15) is 23.2 Å². The van der Waals surface area contributed by atoms with Gasteiger partial charge in [-0.05, 0) is 44.1 Å². The number of amides is 1. The monoisotopic (exact) mass is 267 g/mol. The summed E-state index contributed by atoms with van der Waals surface area (Å²) < 4.78 is 0. The molecule has 0 atom stereocenters. The number of halogens is 1. The molecule has 5 heteroatoms. The van der Waals surface area contributed by atoms with Crippen LogP contribution in [0.3, 0.4) is 0 Å². The van der Waals surface area contributed by atoms with Crippen LogP contribution in [0.4, 0.5) is 5.69 Å². The third kappa shape index (κ3) is 3.15. The Bertz CT molecular complexity index is 430. The molecule has 18 heavy (non-hydrogen) atoms. The highest BCUT2D eigenvalue weighted by Crippen LogP contribution is 2.25. The van der Waals surface area contributed by atoms with Crippen molar-refractivity contribution < 1.29 is 4.79 Å². The van der Waals surface area contributed by atoms with Crippen molar-refractivity contribution in [3.05, 3.63) is 28.8 Å². The van der Waals surface area contributed by atoms with Crippen LogP contribution >= 0.6 is 11.6 Å². The highest BCUT2D eigenvalue weighted by atomic mass is 35.5. The van der Waals surface area contributed by atoms with Gasteiger partial charge in [-0.25, -0.2) is 0 Å². The second-order valence-electron chi connectivity index (χ2n) is 4.44. The molecule has 1 heterocycles. The Balaban J connectivity index is 2.12. The van der Waals surface area contributed by atoms with Gasteiger partial charge in [0, 0.05) is 18.7 Å². The maximum Gasteiger partial charge on any atom is 0.251 e. The lowest BCUT2D eigenvalue weighted by Gasteiger charge is -2.25. The van der Waals surface area contributed by atoms with Gasteiger partial charge in [0.2, 0.25) is 0 Å². The maximum atomic E-state index is 11.6. The Morgan fingerprint density at radius 3 is 2.78 bits per heavy atom. The average molecular weight is 268 g/mol. The SMILES string of the molecule is CNC(=O)c1ccc(Cl)c(NC2CCNCC2)c1. The van der Waals surface area contributed by atoms with E-state index >= 15 is 0 Å². The molecule has 0 unspecified atom stereocenters. The zero-order valence-corrected chi connectivity index (χ0v) is 11.2. The summed E-state index contributed by atoms with van der Waals surface area (Å²) in [6.07, 6.45) is 2.14. The molecule has 1 saturated heterocycles. The minimum Gasteiger partial charge on any atom is -0.381 e. The van der Waals surface area contributed by atoms with E-state index < -0.39 is 0 Å². The molecule has 3 N–H and O–H groups in total. The molecule has 4 nitrogen and oxygen atoms in total. The third-order valence-electron chi connectivity index (χ3n) is 3.15. The Labute approximate surface area is 112 Å². The number of anilines is 1. The number of rotatable bonds is 3. The van der Waals surface area contributed by atoms with Crippen molar-refractivity contribution in [3.8, 4) is 0 Å². The van der Waals surface area contributed by atoms with Crippen molar-refractivity contribution in [1.82, 2.24) is 10.6 Å². The molecular formula is C13H18ClN3O. The van der Waals surface area contributed by atoms with E-state index in [1.54, 1.807) is 19.2 Å². The number of hydrogen-bond acceptors (Lipinski definition) is 3. The molecule has 0 aliphatic carbocycles. The van der Waals surface area contributed by atoms with Crippen LogP contribution in [0.2, 0.25) is 5.02 Å². The van der Waals surface area contributed by atoms with Gasteiger partial charge in [-0.2, -0.15) is 0 Å². The van der Waals surface area contributed by atoms with Gasteiger partial charge in [-0.3, -0.25) is 4.79 Å². The minimum atomic E-state index is -0.0972. The van der Waals surface area contributed by atoms with Gasteiger partial charge in [0.15, 0.2) is 0 Å². The van der Waals surface area contributed by atoms with Gasteiger partial charge >= 0.3 is 0 Å². The molecule has 1 fully saturated rings. The van der Waals surface area contributed by atoms with E-state index in [-0.39, 0.29) is 5.91 Å². The van der Waals surface area contributed by atoms with E-state index in [2.05, 4.69) is 16.0 Å². The van der Waals surface area contributed by atoms with Gasteiger partial charge in [-0.1, -0.05) is 11.6 Å². The zero-order chi connectivity index (χ0) is 13.0. The van der Waals surface area contributed by atoms with E-state index in [0.717, 1.165) is 31.6 Å². The van der Waals surface area contributed by atoms with Crippen molar-refractivity contribution >= 4 is 23.2 Å². The molecule has 1 aromatic carbocycles. The van der Waals surface area contributed by atoms with Crippen LogP contribution in [0, 0.1) is 0 Å². The molecule has 1 amide bonds. The summed E-state index contributed by atoms with van der Waals surface area (Å²) in [7, 11) is 1.62. The maximum absolute atomic E-state index is 11.6. The first-order chi connectivity index (χ1) is 8.70. The smallest absolute Gasteiger partial charge is 0.251 e. The van der Waals surface area contributed by atoms with Crippen LogP contribution < -0.4 is 16.0 Å². The molecule has 2 rings (SSSR count). The highest BCUT2D eigenvalue weighted by molar-refractivity contribution is 6.33. The summed E-state index contributed by atoms with van der Waals surface area (Å²) in [5.41, 5.74) is 1.46. The number of nitrogens with one attached hydrogen (secondary N) is 3. The molecule has 0 radical (unpaired) electrons. The van der Waals surface area contributed by atoms with Crippen LogP contribution in [0.15, 0.2) is 18.2 Å². The zero-order valence-electron chi connectivity index (χ0n) is 10.4. The summed E-state index contributed by atoms with van der Waals surface area (Å²) >= 11 is 6.15.